The molecule has 11 heteroatoms. The fraction of sp³-hybridized carbons (Fsp3) is 0.536. The van der Waals surface area contributed by atoms with Crippen molar-refractivity contribution in [2.45, 2.75) is 66.0 Å². The van der Waals surface area contributed by atoms with Crippen LogP contribution in [0.4, 0.5) is 4.79 Å². The maximum absolute atomic E-state index is 12.7. The molecule has 0 bridgehead atoms. The van der Waals surface area contributed by atoms with Gasteiger partial charge in [-0.3, -0.25) is 14.3 Å². The molecular formula is C28H38N4O7. The molecule has 0 aliphatic carbocycles. The molecule has 11 nitrogen and oxygen atoms in total. The highest BCUT2D eigenvalue weighted by Crippen LogP contribution is 2.38. The highest BCUT2D eigenvalue weighted by molar-refractivity contribution is 5.94. The van der Waals surface area contributed by atoms with Gasteiger partial charge in [-0.05, 0) is 63.6 Å². The summed E-state index contributed by atoms with van der Waals surface area (Å²) in [6.45, 7) is 11.8. The molecular weight excluding hydrogens is 504 g/mol. The van der Waals surface area contributed by atoms with Gasteiger partial charge in [0, 0.05) is 36.1 Å². The Morgan fingerprint density at radius 2 is 1.85 bits per heavy atom. The number of pyridine rings is 1. The van der Waals surface area contributed by atoms with Crippen LogP contribution >= 0.6 is 0 Å². The Morgan fingerprint density at radius 3 is 2.49 bits per heavy atom. The van der Waals surface area contributed by atoms with E-state index in [9.17, 15) is 19.3 Å². The molecule has 1 aromatic heterocycles. The van der Waals surface area contributed by atoms with Crippen molar-refractivity contribution in [3.63, 3.8) is 0 Å². The van der Waals surface area contributed by atoms with E-state index in [1.54, 1.807) is 11.8 Å². The van der Waals surface area contributed by atoms with E-state index in [0.29, 0.717) is 49.4 Å². The van der Waals surface area contributed by atoms with Gasteiger partial charge in [-0.2, -0.15) is 0 Å². The van der Waals surface area contributed by atoms with Gasteiger partial charge in [-0.15, -0.1) is 4.91 Å². The van der Waals surface area contributed by atoms with Crippen LogP contribution in [0.15, 0.2) is 34.4 Å². The van der Waals surface area contributed by atoms with E-state index in [2.05, 4.69) is 24.3 Å². The number of benzene rings is 1. The smallest absolute Gasteiger partial charge is 0.407 e. The number of carbonyl (C=O) groups is 2. The first-order valence-corrected chi connectivity index (χ1v) is 13.1. The van der Waals surface area contributed by atoms with Crippen molar-refractivity contribution >= 4 is 12.0 Å². The van der Waals surface area contributed by atoms with Gasteiger partial charge >= 0.3 is 12.0 Å². The lowest BCUT2D eigenvalue weighted by Gasteiger charge is -2.36. The number of hydrogen-bond donors (Lipinski definition) is 1. The fourth-order valence-electron chi connectivity index (χ4n) is 4.35. The average molecular weight is 543 g/mol. The van der Waals surface area contributed by atoms with Crippen LogP contribution in [0.25, 0.3) is 11.3 Å². The van der Waals surface area contributed by atoms with E-state index < -0.39 is 23.0 Å². The molecule has 0 spiro atoms. The molecule has 1 aliphatic rings. The number of carbonyl (C=O) groups excluding carboxylic acids is 2. The lowest BCUT2D eigenvalue weighted by Crippen LogP contribution is -2.41. The SMILES string of the molecule is COc1cc2c(cc1OCCCCCNC(=O)OC(C)(C)C)CN(CC(C)C)n1cc(C(=O)N=O)c(=O)cc1-2. The molecule has 0 saturated carbocycles. The molecule has 0 unspecified atom stereocenters. The Labute approximate surface area is 228 Å². The molecule has 1 aliphatic heterocycles. The van der Waals surface area contributed by atoms with Crippen LogP contribution in [0.2, 0.25) is 0 Å². The lowest BCUT2D eigenvalue weighted by molar-refractivity contribution is 0.0526. The topological polar surface area (TPSA) is 129 Å². The molecule has 0 saturated heterocycles. The van der Waals surface area contributed by atoms with Crippen molar-refractivity contribution in [1.29, 1.82) is 0 Å². The van der Waals surface area contributed by atoms with E-state index in [4.69, 9.17) is 14.2 Å². The summed E-state index contributed by atoms with van der Waals surface area (Å²) in [7, 11) is 1.55. The van der Waals surface area contributed by atoms with Crippen LogP contribution in [0.1, 0.15) is 69.8 Å². The predicted molar refractivity (Wildman–Crippen MR) is 148 cm³/mol. The fourth-order valence-corrected chi connectivity index (χ4v) is 4.35. The Balaban J connectivity index is 1.73. The number of ether oxygens (including phenoxy) is 3. The normalized spacial score (nSPS) is 12.4. The van der Waals surface area contributed by atoms with Crippen LogP contribution in [0.5, 0.6) is 11.5 Å². The summed E-state index contributed by atoms with van der Waals surface area (Å²) >= 11 is 0. The number of fused-ring (bicyclic) bond motifs is 3. The maximum atomic E-state index is 12.7. The Bertz CT molecular complexity index is 1260. The van der Waals surface area contributed by atoms with Crippen molar-refractivity contribution < 1.29 is 23.8 Å². The number of nitrogens with one attached hydrogen (secondary N) is 1. The molecule has 2 amide bonds. The number of unbranched alkanes of at least 4 members (excludes halogenated alkanes) is 2. The third kappa shape index (κ3) is 7.81. The highest BCUT2D eigenvalue weighted by Gasteiger charge is 2.27. The van der Waals surface area contributed by atoms with Gasteiger partial charge in [0.15, 0.2) is 16.9 Å². The lowest BCUT2D eigenvalue weighted by atomic mass is 9.99. The van der Waals surface area contributed by atoms with Crippen molar-refractivity contribution in [3.05, 3.63) is 50.7 Å². The zero-order valence-corrected chi connectivity index (χ0v) is 23.5. The molecule has 212 valence electrons. The second-order valence-electron chi connectivity index (χ2n) is 10.9. The standard InChI is InChI=1S/C28H38N4O7/c1-18(2)15-31-16-19-12-25(38-11-9-7-8-10-29-27(35)39-28(3,4)5)24(37-6)13-20(19)22-14-23(33)21(17-32(22)31)26(34)30-36/h12-14,17-18H,7-11,15-16H2,1-6H3,(H,29,35). The van der Waals surface area contributed by atoms with Gasteiger partial charge < -0.3 is 24.5 Å². The molecule has 1 N–H and O–H groups in total. The highest BCUT2D eigenvalue weighted by atomic mass is 16.6. The summed E-state index contributed by atoms with van der Waals surface area (Å²) in [6, 6.07) is 5.10. The van der Waals surface area contributed by atoms with Crippen molar-refractivity contribution in [1.82, 2.24) is 9.99 Å². The Hall–Kier alpha value is -3.89. The number of nitroso groups, excluding NO2 is 1. The maximum Gasteiger partial charge on any atom is 0.407 e. The van der Waals surface area contributed by atoms with E-state index >= 15 is 0 Å². The first kappa shape index (κ1) is 29.7. The first-order chi connectivity index (χ1) is 18.4. The summed E-state index contributed by atoms with van der Waals surface area (Å²) in [5.74, 6) is 0.320. The van der Waals surface area contributed by atoms with Gasteiger partial charge in [0.25, 0.3) is 0 Å². The number of methoxy groups -OCH3 is 1. The van der Waals surface area contributed by atoms with Crippen LogP contribution in [-0.2, 0) is 11.3 Å². The van der Waals surface area contributed by atoms with E-state index in [0.717, 1.165) is 30.4 Å². The van der Waals surface area contributed by atoms with Crippen LogP contribution in [0, 0.1) is 10.8 Å². The minimum atomic E-state index is -1.09. The molecule has 2 heterocycles. The van der Waals surface area contributed by atoms with Gasteiger partial charge in [0.2, 0.25) is 0 Å². The third-order valence-corrected chi connectivity index (χ3v) is 5.99. The van der Waals surface area contributed by atoms with Crippen LogP contribution in [-0.4, -0.2) is 49.1 Å². The molecule has 0 fully saturated rings. The van der Waals surface area contributed by atoms with Crippen molar-refractivity contribution in [2.24, 2.45) is 11.1 Å². The molecule has 0 radical (unpaired) electrons. The number of rotatable bonds is 11. The minimum absolute atomic E-state index is 0.265. The first-order valence-electron chi connectivity index (χ1n) is 13.1. The monoisotopic (exact) mass is 542 g/mol. The summed E-state index contributed by atoms with van der Waals surface area (Å²) in [6.07, 6.45) is 3.41. The van der Waals surface area contributed by atoms with Gasteiger partial charge in [-0.25, -0.2) is 4.79 Å². The summed E-state index contributed by atoms with van der Waals surface area (Å²) < 4.78 is 18.6. The molecule has 2 aromatic rings. The third-order valence-electron chi connectivity index (χ3n) is 5.99. The van der Waals surface area contributed by atoms with E-state index in [1.165, 1.54) is 12.3 Å². The second-order valence-corrected chi connectivity index (χ2v) is 10.9. The largest absolute Gasteiger partial charge is 0.493 e. The van der Waals surface area contributed by atoms with Crippen LogP contribution in [0.3, 0.4) is 0 Å². The summed E-state index contributed by atoms with van der Waals surface area (Å²) in [4.78, 5) is 47.1. The minimum Gasteiger partial charge on any atom is -0.493 e. The number of nitrogens with zero attached hydrogens (tertiary/aromatic N) is 3. The number of amides is 2. The van der Waals surface area contributed by atoms with Gasteiger partial charge in [0.1, 0.15) is 11.2 Å². The van der Waals surface area contributed by atoms with Crippen LogP contribution < -0.4 is 25.2 Å². The number of hydrogen-bond acceptors (Lipinski definition) is 8. The quantitative estimate of drug-likeness (QED) is 0.322. The Morgan fingerprint density at radius 1 is 1.10 bits per heavy atom. The zero-order valence-electron chi connectivity index (χ0n) is 23.5. The van der Waals surface area contributed by atoms with Gasteiger partial charge in [0.05, 0.1) is 26.0 Å². The molecule has 1 aromatic carbocycles. The van der Waals surface area contributed by atoms with E-state index in [-0.39, 0.29) is 5.56 Å². The van der Waals surface area contributed by atoms with E-state index in [1.807, 2.05) is 37.9 Å². The van der Waals surface area contributed by atoms with Crippen molar-refractivity contribution in [2.75, 3.05) is 31.8 Å². The molecule has 0 atom stereocenters. The number of aromatic nitrogens is 1. The summed E-state index contributed by atoms with van der Waals surface area (Å²) in [5.41, 5.74) is 0.961. The molecule has 3 rings (SSSR count). The molecule has 39 heavy (non-hydrogen) atoms. The van der Waals surface area contributed by atoms with Crippen molar-refractivity contribution in [3.8, 4) is 22.8 Å². The number of alkyl carbamates (subject to hydrolysis) is 1. The average Bonchev–Trinajstić information content (AvgIpc) is 2.85. The van der Waals surface area contributed by atoms with Gasteiger partial charge in [-0.1, -0.05) is 13.8 Å². The Kier molecular flexibility index (Phi) is 9.71. The second kappa shape index (κ2) is 12.8. The zero-order chi connectivity index (χ0) is 28.7. The summed E-state index contributed by atoms with van der Waals surface area (Å²) in [5, 5.41) is 7.19. The predicted octanol–water partition coefficient (Wildman–Crippen LogP) is 4.61.